The maximum Gasteiger partial charge on any atom is 0.294 e. The van der Waals surface area contributed by atoms with Crippen LogP contribution in [0.3, 0.4) is 0 Å². The number of hydrogen-bond acceptors (Lipinski definition) is 5. The lowest BCUT2D eigenvalue weighted by atomic mass is 10.2. The van der Waals surface area contributed by atoms with E-state index >= 15 is 0 Å². The van der Waals surface area contributed by atoms with E-state index in [4.69, 9.17) is 4.74 Å². The number of thioether (sulfide) groups is 1. The van der Waals surface area contributed by atoms with Crippen molar-refractivity contribution in [1.82, 2.24) is 9.47 Å². The lowest BCUT2D eigenvalue weighted by Crippen LogP contribution is -2.36. The maximum absolute atomic E-state index is 12.8. The minimum atomic E-state index is -0.475. The molecule has 4 rings (SSSR count). The van der Waals surface area contributed by atoms with Gasteiger partial charge in [-0.3, -0.25) is 19.3 Å². The third kappa shape index (κ3) is 5.18. The number of carbonyl (C=O) groups is 3. The molecule has 33 heavy (non-hydrogen) atoms. The van der Waals surface area contributed by atoms with E-state index in [9.17, 15) is 14.4 Å². The number of imide groups is 1. The number of ether oxygens (including phenoxy) is 1. The molecule has 0 radical (unpaired) electrons. The zero-order valence-corrected chi connectivity index (χ0v) is 19.1. The molecule has 1 saturated heterocycles. The molecule has 0 saturated carbocycles. The molecule has 0 bridgehead atoms. The Labute approximate surface area is 196 Å². The fraction of sp³-hybridized carbons (Fsp3) is 0.160. The predicted octanol–water partition coefficient (Wildman–Crippen LogP) is 4.86. The number of nitrogens with one attached hydrogen (secondary N) is 1. The summed E-state index contributed by atoms with van der Waals surface area (Å²) in [7, 11) is 0. The molecule has 2 heterocycles. The molecule has 1 aliphatic heterocycles. The summed E-state index contributed by atoms with van der Waals surface area (Å²) in [5.74, 6) is -0.228. The summed E-state index contributed by atoms with van der Waals surface area (Å²) in [6, 6.07) is 18.7. The number of para-hydroxylation sites is 1. The first kappa shape index (κ1) is 22.4. The van der Waals surface area contributed by atoms with E-state index in [1.165, 1.54) is 0 Å². The second-order valence-electron chi connectivity index (χ2n) is 7.39. The van der Waals surface area contributed by atoms with Gasteiger partial charge in [0.1, 0.15) is 12.3 Å². The van der Waals surface area contributed by atoms with E-state index in [0.717, 1.165) is 33.6 Å². The molecule has 1 aliphatic rings. The minimum Gasteiger partial charge on any atom is -0.494 e. The number of carbonyl (C=O) groups excluding carboxylic acids is 3. The van der Waals surface area contributed by atoms with Crippen LogP contribution >= 0.6 is 11.8 Å². The Morgan fingerprint density at radius 3 is 2.52 bits per heavy atom. The first-order valence-corrected chi connectivity index (χ1v) is 11.3. The van der Waals surface area contributed by atoms with Crippen LogP contribution in [-0.2, 0) is 9.59 Å². The van der Waals surface area contributed by atoms with Gasteiger partial charge in [0.05, 0.1) is 11.5 Å². The highest BCUT2D eigenvalue weighted by Crippen LogP contribution is 2.32. The molecule has 3 amide bonds. The highest BCUT2D eigenvalue weighted by atomic mass is 32.2. The summed E-state index contributed by atoms with van der Waals surface area (Å²) in [4.78, 5) is 38.9. The largest absolute Gasteiger partial charge is 0.494 e. The molecule has 0 atom stereocenters. The minimum absolute atomic E-state index is 0.291. The zero-order valence-electron chi connectivity index (χ0n) is 18.3. The molecule has 8 heteroatoms. The van der Waals surface area contributed by atoms with Gasteiger partial charge in [0, 0.05) is 23.3 Å². The Morgan fingerprint density at radius 2 is 1.82 bits per heavy atom. The fourth-order valence-corrected chi connectivity index (χ4v) is 4.32. The normalized spacial score (nSPS) is 14.7. The van der Waals surface area contributed by atoms with Crippen molar-refractivity contribution in [3.05, 3.63) is 83.0 Å². The van der Waals surface area contributed by atoms with Crippen molar-refractivity contribution in [1.29, 1.82) is 0 Å². The van der Waals surface area contributed by atoms with Crippen LogP contribution in [0.1, 0.15) is 18.2 Å². The third-order valence-corrected chi connectivity index (χ3v) is 5.90. The Kier molecular flexibility index (Phi) is 6.65. The van der Waals surface area contributed by atoms with Crippen LogP contribution in [-0.4, -0.2) is 39.7 Å². The number of rotatable bonds is 7. The molecule has 7 nitrogen and oxygen atoms in total. The number of hydrogen-bond donors (Lipinski definition) is 1. The molecule has 3 aromatic rings. The number of nitrogens with zero attached hydrogens (tertiary/aromatic N) is 2. The Hall–Kier alpha value is -3.78. The van der Waals surface area contributed by atoms with E-state index in [1.54, 1.807) is 30.3 Å². The van der Waals surface area contributed by atoms with Crippen LogP contribution in [0.25, 0.3) is 11.8 Å². The summed E-state index contributed by atoms with van der Waals surface area (Å²) < 4.78 is 7.39. The van der Waals surface area contributed by atoms with Gasteiger partial charge >= 0.3 is 0 Å². The van der Waals surface area contributed by atoms with Crippen LogP contribution in [0.15, 0.2) is 71.8 Å². The molecule has 0 unspecified atom stereocenters. The first-order valence-electron chi connectivity index (χ1n) is 10.5. The van der Waals surface area contributed by atoms with Crippen molar-refractivity contribution in [3.8, 4) is 11.4 Å². The smallest absolute Gasteiger partial charge is 0.294 e. The molecule has 0 aliphatic carbocycles. The van der Waals surface area contributed by atoms with Crippen molar-refractivity contribution < 1.29 is 19.1 Å². The van der Waals surface area contributed by atoms with Gasteiger partial charge in [-0.05, 0) is 79.7 Å². The summed E-state index contributed by atoms with van der Waals surface area (Å²) in [5.41, 5.74) is 3.37. The molecule has 1 aromatic heterocycles. The Morgan fingerprint density at radius 1 is 1.09 bits per heavy atom. The van der Waals surface area contributed by atoms with Gasteiger partial charge in [-0.1, -0.05) is 18.2 Å². The average Bonchev–Trinajstić information content (AvgIpc) is 3.30. The molecule has 1 fully saturated rings. The molecule has 0 spiro atoms. The number of aryl methyl sites for hydroxylation is 1. The van der Waals surface area contributed by atoms with E-state index in [1.807, 2.05) is 61.0 Å². The van der Waals surface area contributed by atoms with Gasteiger partial charge in [-0.2, -0.15) is 0 Å². The van der Waals surface area contributed by atoms with Crippen LogP contribution < -0.4 is 10.1 Å². The Balaban J connectivity index is 1.43. The molecular formula is C25H23N3O4S. The van der Waals surface area contributed by atoms with Crippen LogP contribution in [0.5, 0.6) is 5.75 Å². The lowest BCUT2D eigenvalue weighted by molar-refractivity contribution is -0.127. The van der Waals surface area contributed by atoms with Crippen LogP contribution in [0.4, 0.5) is 10.5 Å². The number of anilines is 1. The van der Waals surface area contributed by atoms with Gasteiger partial charge in [0.25, 0.3) is 11.1 Å². The van der Waals surface area contributed by atoms with Gasteiger partial charge in [-0.15, -0.1) is 0 Å². The van der Waals surface area contributed by atoms with Crippen molar-refractivity contribution >= 4 is 40.6 Å². The van der Waals surface area contributed by atoms with E-state index in [-0.39, 0.29) is 6.54 Å². The molecule has 168 valence electrons. The highest BCUT2D eigenvalue weighted by molar-refractivity contribution is 8.18. The van der Waals surface area contributed by atoms with Crippen molar-refractivity contribution in [3.63, 3.8) is 0 Å². The molecule has 1 N–H and O–H groups in total. The zero-order chi connectivity index (χ0) is 23.4. The third-order valence-electron chi connectivity index (χ3n) is 4.99. The summed E-state index contributed by atoms with van der Waals surface area (Å²) >= 11 is 0.836. The Bertz CT molecular complexity index is 1220. The summed E-state index contributed by atoms with van der Waals surface area (Å²) in [5, 5.41) is 2.23. The molecule has 2 aromatic carbocycles. The van der Waals surface area contributed by atoms with E-state index in [0.29, 0.717) is 22.9 Å². The van der Waals surface area contributed by atoms with E-state index < -0.39 is 17.1 Å². The van der Waals surface area contributed by atoms with E-state index in [2.05, 4.69) is 5.32 Å². The lowest BCUT2D eigenvalue weighted by Gasteiger charge is -2.12. The maximum atomic E-state index is 12.8. The number of amides is 3. The van der Waals surface area contributed by atoms with Crippen LogP contribution in [0, 0.1) is 6.92 Å². The second kappa shape index (κ2) is 9.79. The number of benzene rings is 2. The van der Waals surface area contributed by atoms with Crippen molar-refractivity contribution in [2.75, 3.05) is 18.5 Å². The average molecular weight is 462 g/mol. The monoisotopic (exact) mass is 461 g/mol. The predicted molar refractivity (Wildman–Crippen MR) is 129 cm³/mol. The van der Waals surface area contributed by atoms with Crippen molar-refractivity contribution in [2.24, 2.45) is 0 Å². The topological polar surface area (TPSA) is 80.6 Å². The second-order valence-corrected chi connectivity index (χ2v) is 8.39. The van der Waals surface area contributed by atoms with Gasteiger partial charge in [0.15, 0.2) is 0 Å². The SMILES string of the molecule is CCOc1ccc(NC(=O)CN2C(=O)S/C(=C/c3cc(C)n(-c4ccccc4)c3)C2=O)cc1. The molecular weight excluding hydrogens is 438 g/mol. The summed E-state index contributed by atoms with van der Waals surface area (Å²) in [6.07, 6.45) is 3.60. The van der Waals surface area contributed by atoms with Gasteiger partial charge in [0.2, 0.25) is 5.91 Å². The van der Waals surface area contributed by atoms with Gasteiger partial charge < -0.3 is 14.6 Å². The summed E-state index contributed by atoms with van der Waals surface area (Å²) in [6.45, 7) is 4.07. The standard InChI is InChI=1S/C25H23N3O4S/c1-3-32-21-11-9-19(10-12-21)26-23(29)16-28-24(30)22(33-25(28)31)14-18-13-17(2)27(15-18)20-7-5-4-6-8-20/h4-15H,3,16H2,1-2H3,(H,26,29)/b22-14+. The highest BCUT2D eigenvalue weighted by Gasteiger charge is 2.36. The van der Waals surface area contributed by atoms with Crippen LogP contribution in [0.2, 0.25) is 0 Å². The fourth-order valence-electron chi connectivity index (χ4n) is 3.48. The first-order chi connectivity index (χ1) is 15.9. The number of aromatic nitrogens is 1. The van der Waals surface area contributed by atoms with Gasteiger partial charge in [-0.25, -0.2) is 0 Å². The van der Waals surface area contributed by atoms with Crippen molar-refractivity contribution in [2.45, 2.75) is 13.8 Å². The quantitative estimate of drug-likeness (QED) is 0.508.